The van der Waals surface area contributed by atoms with Gasteiger partial charge in [-0.2, -0.15) is 0 Å². The van der Waals surface area contributed by atoms with E-state index in [2.05, 4.69) is 5.32 Å². The molecule has 0 spiro atoms. The molecule has 2 aromatic carbocycles. The van der Waals surface area contributed by atoms with Crippen LogP contribution in [0.4, 0.5) is 5.69 Å². The maximum atomic E-state index is 13.1. The molecule has 9 heteroatoms. The van der Waals surface area contributed by atoms with Crippen molar-refractivity contribution in [1.82, 2.24) is 9.80 Å². The van der Waals surface area contributed by atoms with Gasteiger partial charge in [-0.3, -0.25) is 9.59 Å². The first-order valence-electron chi connectivity index (χ1n) is 9.67. The molecule has 1 amide bonds. The zero-order valence-corrected chi connectivity index (χ0v) is 19.8. The Morgan fingerprint density at radius 3 is 2.45 bits per heavy atom. The van der Waals surface area contributed by atoms with Crippen LogP contribution in [0.5, 0.6) is 0 Å². The lowest BCUT2D eigenvalue weighted by atomic mass is 10.1. The summed E-state index contributed by atoms with van der Waals surface area (Å²) in [6, 6.07) is 12.7. The van der Waals surface area contributed by atoms with Gasteiger partial charge in [-0.15, -0.1) is 11.3 Å². The summed E-state index contributed by atoms with van der Waals surface area (Å²) in [5.41, 5.74) is 1.40. The van der Waals surface area contributed by atoms with Crippen molar-refractivity contribution in [2.24, 2.45) is 0 Å². The molecule has 0 saturated carbocycles. The van der Waals surface area contributed by atoms with Gasteiger partial charge in [0.05, 0.1) is 5.02 Å². The van der Waals surface area contributed by atoms with Crippen LogP contribution in [0.25, 0.3) is 10.1 Å². The van der Waals surface area contributed by atoms with Crippen LogP contribution in [0.2, 0.25) is 10.0 Å². The van der Waals surface area contributed by atoms with Gasteiger partial charge in [0, 0.05) is 52.5 Å². The van der Waals surface area contributed by atoms with Gasteiger partial charge in [0.25, 0.3) is 5.91 Å². The Labute approximate surface area is 199 Å². The molecular formula is C22H19Cl2N3O2S2. The fraction of sp³-hybridized carbons (Fsp3) is 0.227. The summed E-state index contributed by atoms with van der Waals surface area (Å²) in [6.07, 6.45) is 0. The van der Waals surface area contributed by atoms with Crippen LogP contribution in [0, 0.1) is 0 Å². The van der Waals surface area contributed by atoms with Gasteiger partial charge in [0.2, 0.25) is 0 Å². The number of hydrogen-bond acceptors (Lipinski definition) is 4. The third-order valence-corrected chi connectivity index (χ3v) is 7.40. The second-order valence-electron chi connectivity index (χ2n) is 7.23. The molecule has 1 saturated heterocycles. The predicted octanol–water partition coefficient (Wildman–Crippen LogP) is 5.57. The van der Waals surface area contributed by atoms with Crippen LogP contribution in [-0.4, -0.2) is 52.8 Å². The summed E-state index contributed by atoms with van der Waals surface area (Å²) in [5, 5.41) is 5.70. The van der Waals surface area contributed by atoms with Crippen LogP contribution in [-0.2, 0) is 0 Å². The number of Topliss-reactive ketones (excluding diaryl/α,β-unsaturated/α-hetero) is 1. The molecule has 1 aromatic heterocycles. The summed E-state index contributed by atoms with van der Waals surface area (Å²) in [7, 11) is 0. The van der Waals surface area contributed by atoms with Crippen molar-refractivity contribution in [2.45, 2.75) is 6.92 Å². The number of amides is 1. The minimum atomic E-state index is -0.0741. The Hall–Kier alpha value is -2.19. The van der Waals surface area contributed by atoms with Crippen molar-refractivity contribution >= 4 is 79.3 Å². The van der Waals surface area contributed by atoms with E-state index in [9.17, 15) is 9.59 Å². The van der Waals surface area contributed by atoms with Crippen LogP contribution in [0.3, 0.4) is 0 Å². The van der Waals surface area contributed by atoms with Gasteiger partial charge in [0.1, 0.15) is 4.88 Å². The first-order valence-corrected chi connectivity index (χ1v) is 11.7. The molecule has 31 heavy (non-hydrogen) atoms. The largest absolute Gasteiger partial charge is 0.345 e. The second-order valence-corrected chi connectivity index (χ2v) is 9.49. The maximum absolute atomic E-state index is 13.1. The van der Waals surface area contributed by atoms with Crippen LogP contribution in [0.15, 0.2) is 42.5 Å². The SMILES string of the molecule is CC(=O)c1cccc(NC(=S)N2CCN(C(=O)c3sc4cc(Cl)ccc4c3Cl)CC2)c1. The fourth-order valence-electron chi connectivity index (χ4n) is 3.45. The maximum Gasteiger partial charge on any atom is 0.265 e. The first kappa shape index (κ1) is 22.0. The molecule has 1 aliphatic rings. The Balaban J connectivity index is 1.40. The zero-order valence-electron chi connectivity index (χ0n) is 16.7. The highest BCUT2D eigenvalue weighted by atomic mass is 35.5. The number of anilines is 1. The molecule has 0 aliphatic carbocycles. The highest BCUT2D eigenvalue weighted by molar-refractivity contribution is 7.80. The fourth-order valence-corrected chi connectivity index (χ4v) is 5.51. The lowest BCUT2D eigenvalue weighted by molar-refractivity contribution is 0.0698. The number of fused-ring (bicyclic) bond motifs is 1. The standard InChI is InChI=1S/C22H19Cl2N3O2S2/c1-13(28)14-3-2-4-16(11-14)25-22(30)27-9-7-26(8-10-27)21(29)20-19(24)17-6-5-15(23)12-18(17)31-20/h2-6,11-12H,7-10H2,1H3,(H,25,30). The topological polar surface area (TPSA) is 52.7 Å². The Kier molecular flexibility index (Phi) is 6.48. The van der Waals surface area contributed by atoms with Gasteiger partial charge in [-0.05, 0) is 43.4 Å². The number of hydrogen-bond donors (Lipinski definition) is 1. The van der Waals surface area contributed by atoms with Crippen LogP contribution >= 0.6 is 46.8 Å². The lowest BCUT2D eigenvalue weighted by Gasteiger charge is -2.36. The number of halogens is 2. The molecule has 0 atom stereocenters. The van der Waals surface area contributed by atoms with Crippen molar-refractivity contribution in [2.75, 3.05) is 31.5 Å². The van der Waals surface area contributed by atoms with E-state index in [-0.39, 0.29) is 11.7 Å². The summed E-state index contributed by atoms with van der Waals surface area (Å²) >= 11 is 19.4. The molecular weight excluding hydrogens is 473 g/mol. The van der Waals surface area contributed by atoms with Gasteiger partial charge in [-0.25, -0.2) is 0 Å². The van der Waals surface area contributed by atoms with Crippen molar-refractivity contribution in [3.63, 3.8) is 0 Å². The Morgan fingerprint density at radius 1 is 1.03 bits per heavy atom. The van der Waals surface area contributed by atoms with Crippen LogP contribution in [0.1, 0.15) is 27.0 Å². The monoisotopic (exact) mass is 491 g/mol. The molecule has 3 aromatic rings. The number of thiocarbonyl (C=S) groups is 1. The third kappa shape index (κ3) is 4.70. The van der Waals surface area contributed by atoms with E-state index in [1.807, 2.05) is 29.2 Å². The van der Waals surface area contributed by atoms with Gasteiger partial charge in [-0.1, -0.05) is 41.4 Å². The molecule has 0 radical (unpaired) electrons. The molecule has 1 aliphatic heterocycles. The van der Waals surface area contributed by atoms with Gasteiger partial charge in [0.15, 0.2) is 10.9 Å². The quantitative estimate of drug-likeness (QED) is 0.383. The van der Waals surface area contributed by atoms with Crippen LogP contribution < -0.4 is 5.32 Å². The number of piperazine rings is 1. The average Bonchev–Trinajstić information content (AvgIpc) is 3.09. The molecule has 2 heterocycles. The predicted molar refractivity (Wildman–Crippen MR) is 132 cm³/mol. The Morgan fingerprint density at radius 2 is 1.74 bits per heavy atom. The number of nitrogens with one attached hydrogen (secondary N) is 1. The average molecular weight is 492 g/mol. The number of ketones is 1. The number of benzene rings is 2. The molecule has 5 nitrogen and oxygen atoms in total. The highest BCUT2D eigenvalue weighted by Gasteiger charge is 2.27. The van der Waals surface area contributed by atoms with E-state index in [0.717, 1.165) is 15.8 Å². The van der Waals surface area contributed by atoms with E-state index >= 15 is 0 Å². The number of carbonyl (C=O) groups excluding carboxylic acids is 2. The van der Waals surface area contributed by atoms with E-state index in [1.54, 1.807) is 23.1 Å². The number of carbonyl (C=O) groups is 2. The van der Waals surface area contributed by atoms with Crippen molar-refractivity contribution < 1.29 is 9.59 Å². The van der Waals surface area contributed by atoms with E-state index in [4.69, 9.17) is 35.4 Å². The Bertz CT molecular complexity index is 1190. The molecule has 0 unspecified atom stereocenters. The summed E-state index contributed by atoms with van der Waals surface area (Å²) in [4.78, 5) is 29.0. The second kappa shape index (κ2) is 9.12. The minimum Gasteiger partial charge on any atom is -0.345 e. The molecule has 4 rings (SSSR count). The highest BCUT2D eigenvalue weighted by Crippen LogP contribution is 2.37. The van der Waals surface area contributed by atoms with Crippen molar-refractivity contribution in [3.05, 3.63) is 63.0 Å². The zero-order chi connectivity index (χ0) is 22.1. The first-order chi connectivity index (χ1) is 14.8. The number of rotatable bonds is 3. The molecule has 1 fully saturated rings. The van der Waals surface area contributed by atoms with E-state index in [0.29, 0.717) is 51.8 Å². The van der Waals surface area contributed by atoms with Crippen molar-refractivity contribution in [1.29, 1.82) is 0 Å². The smallest absolute Gasteiger partial charge is 0.265 e. The molecule has 1 N–H and O–H groups in total. The summed E-state index contributed by atoms with van der Waals surface area (Å²) < 4.78 is 0.901. The summed E-state index contributed by atoms with van der Waals surface area (Å²) in [5.74, 6) is -0.0705. The van der Waals surface area contributed by atoms with Gasteiger partial charge < -0.3 is 15.1 Å². The minimum absolute atomic E-state index is 0.00358. The molecule has 0 bridgehead atoms. The number of nitrogens with zero attached hydrogens (tertiary/aromatic N) is 2. The lowest BCUT2D eigenvalue weighted by Crippen LogP contribution is -2.51. The summed E-state index contributed by atoms with van der Waals surface area (Å²) in [6.45, 7) is 3.83. The molecule has 160 valence electrons. The van der Waals surface area contributed by atoms with E-state index < -0.39 is 0 Å². The number of thiophene rings is 1. The van der Waals surface area contributed by atoms with Gasteiger partial charge >= 0.3 is 0 Å². The van der Waals surface area contributed by atoms with Crippen molar-refractivity contribution in [3.8, 4) is 0 Å². The normalized spacial score (nSPS) is 14.0. The van der Waals surface area contributed by atoms with E-state index in [1.165, 1.54) is 18.3 Å². The third-order valence-electron chi connectivity index (χ3n) is 5.16.